The quantitative estimate of drug-likeness (QED) is 0.621. The first-order valence-corrected chi connectivity index (χ1v) is 7.40. The molecule has 0 aliphatic rings. The van der Waals surface area contributed by atoms with Crippen molar-refractivity contribution in [3.05, 3.63) is 42.0 Å². The fraction of sp³-hybridized carbons (Fsp3) is 0.357. The molecule has 0 N–H and O–H groups in total. The van der Waals surface area contributed by atoms with Gasteiger partial charge in [-0.15, -0.1) is 11.8 Å². The molecule has 1 aromatic carbocycles. The van der Waals surface area contributed by atoms with Crippen LogP contribution in [0.5, 0.6) is 0 Å². The van der Waals surface area contributed by atoms with Crippen LogP contribution in [0.3, 0.4) is 0 Å². The van der Waals surface area contributed by atoms with Crippen LogP contribution in [0.2, 0.25) is 0 Å². The summed E-state index contributed by atoms with van der Waals surface area (Å²) in [5.74, 6) is 0.802. The largest absolute Gasteiger partial charge is 0.294 e. The molecule has 5 heteroatoms. The van der Waals surface area contributed by atoms with E-state index in [1.807, 2.05) is 44.4 Å². The lowest BCUT2D eigenvalue weighted by molar-refractivity contribution is 0.0986. The molecule has 1 heterocycles. The van der Waals surface area contributed by atoms with E-state index in [-0.39, 0.29) is 18.2 Å². The summed E-state index contributed by atoms with van der Waals surface area (Å²) in [5.41, 5.74) is 0.758. The summed E-state index contributed by atoms with van der Waals surface area (Å²) in [7, 11) is 0. The molecule has 1 aromatic heterocycles. The van der Waals surface area contributed by atoms with Crippen LogP contribution in [-0.4, -0.2) is 26.8 Å². The fourth-order valence-electron chi connectivity index (χ4n) is 1.95. The lowest BCUT2D eigenvalue weighted by Gasteiger charge is -2.10. The Balaban J connectivity index is 2.23. The minimum atomic E-state index is 0.0832. The van der Waals surface area contributed by atoms with E-state index in [9.17, 15) is 4.79 Å². The van der Waals surface area contributed by atoms with Crippen molar-refractivity contribution in [2.75, 3.05) is 6.26 Å². The second kappa shape index (κ2) is 6.02. The highest BCUT2D eigenvalue weighted by molar-refractivity contribution is 7.98. The molecular weight excluding hydrogens is 258 g/mol. The first-order valence-electron chi connectivity index (χ1n) is 6.18. The number of hydrogen-bond acceptors (Lipinski definition) is 4. The van der Waals surface area contributed by atoms with E-state index in [1.54, 1.807) is 16.4 Å². The van der Waals surface area contributed by atoms with Gasteiger partial charge < -0.3 is 0 Å². The molecule has 0 spiro atoms. The molecule has 0 fully saturated rings. The minimum Gasteiger partial charge on any atom is -0.294 e. The van der Waals surface area contributed by atoms with Crippen molar-refractivity contribution in [3.8, 4) is 0 Å². The van der Waals surface area contributed by atoms with E-state index < -0.39 is 0 Å². The van der Waals surface area contributed by atoms with Gasteiger partial charge in [-0.1, -0.05) is 18.2 Å². The van der Waals surface area contributed by atoms with E-state index in [0.717, 1.165) is 16.3 Å². The number of carbonyl (C=O) groups is 1. The van der Waals surface area contributed by atoms with Crippen molar-refractivity contribution in [2.24, 2.45) is 0 Å². The van der Waals surface area contributed by atoms with Crippen LogP contribution >= 0.6 is 11.8 Å². The molecule has 0 aliphatic carbocycles. The maximum atomic E-state index is 12.4. The summed E-state index contributed by atoms with van der Waals surface area (Å²) in [6.07, 6.45) is 3.77. The highest BCUT2D eigenvalue weighted by Gasteiger charge is 2.15. The van der Waals surface area contributed by atoms with Gasteiger partial charge in [0.05, 0.1) is 6.42 Å². The first-order chi connectivity index (χ1) is 9.13. The van der Waals surface area contributed by atoms with E-state index in [2.05, 4.69) is 10.1 Å². The number of ketones is 1. The van der Waals surface area contributed by atoms with Gasteiger partial charge >= 0.3 is 0 Å². The van der Waals surface area contributed by atoms with Gasteiger partial charge in [0.15, 0.2) is 5.78 Å². The fourth-order valence-corrected chi connectivity index (χ4v) is 2.56. The van der Waals surface area contributed by atoms with Gasteiger partial charge in [-0.3, -0.25) is 4.79 Å². The molecule has 2 rings (SSSR count). The predicted molar refractivity (Wildman–Crippen MR) is 76.7 cm³/mol. The van der Waals surface area contributed by atoms with Crippen LogP contribution < -0.4 is 0 Å². The van der Waals surface area contributed by atoms with Gasteiger partial charge in [-0.25, -0.2) is 9.67 Å². The van der Waals surface area contributed by atoms with Gasteiger partial charge in [0.1, 0.15) is 12.2 Å². The highest BCUT2D eigenvalue weighted by Crippen LogP contribution is 2.21. The summed E-state index contributed by atoms with van der Waals surface area (Å²) in [4.78, 5) is 17.6. The summed E-state index contributed by atoms with van der Waals surface area (Å²) in [5, 5.41) is 4.15. The van der Waals surface area contributed by atoms with E-state index in [1.165, 1.54) is 6.33 Å². The Kier molecular flexibility index (Phi) is 4.37. The number of hydrogen-bond donors (Lipinski definition) is 0. The number of rotatable bonds is 5. The average Bonchev–Trinajstić information content (AvgIpc) is 2.87. The SMILES string of the molecule is CSc1ccccc1C(=O)Cc1ncnn1C(C)C. The smallest absolute Gasteiger partial charge is 0.171 e. The van der Waals surface area contributed by atoms with Gasteiger partial charge in [0, 0.05) is 16.5 Å². The van der Waals surface area contributed by atoms with Gasteiger partial charge in [0.25, 0.3) is 0 Å². The van der Waals surface area contributed by atoms with Crippen LogP contribution in [-0.2, 0) is 6.42 Å². The number of nitrogens with zero attached hydrogens (tertiary/aromatic N) is 3. The highest BCUT2D eigenvalue weighted by atomic mass is 32.2. The van der Waals surface area contributed by atoms with Crippen LogP contribution in [0, 0.1) is 0 Å². The summed E-state index contributed by atoms with van der Waals surface area (Å²) in [6, 6.07) is 7.87. The third-order valence-corrected chi connectivity index (χ3v) is 3.66. The second-order valence-corrected chi connectivity index (χ2v) is 5.36. The van der Waals surface area contributed by atoms with Crippen LogP contribution in [0.15, 0.2) is 35.5 Å². The lowest BCUT2D eigenvalue weighted by Crippen LogP contribution is -2.13. The Morgan fingerprint density at radius 1 is 1.37 bits per heavy atom. The molecule has 19 heavy (non-hydrogen) atoms. The Morgan fingerprint density at radius 2 is 2.11 bits per heavy atom. The summed E-state index contributed by atoms with van der Waals surface area (Å²) < 4.78 is 1.79. The van der Waals surface area contributed by atoms with Crippen LogP contribution in [0.25, 0.3) is 0 Å². The van der Waals surface area contributed by atoms with Crippen LogP contribution in [0.4, 0.5) is 0 Å². The zero-order valence-electron chi connectivity index (χ0n) is 11.3. The van der Waals surface area contributed by atoms with Crippen molar-refractivity contribution < 1.29 is 4.79 Å². The molecule has 4 nitrogen and oxygen atoms in total. The van der Waals surface area contributed by atoms with Gasteiger partial charge in [-0.05, 0) is 26.2 Å². The molecule has 0 atom stereocenters. The first kappa shape index (κ1) is 13.8. The number of aromatic nitrogens is 3. The molecule has 0 aliphatic heterocycles. The van der Waals surface area contributed by atoms with Crippen molar-refractivity contribution in [1.82, 2.24) is 14.8 Å². The zero-order chi connectivity index (χ0) is 13.8. The molecule has 100 valence electrons. The number of benzene rings is 1. The van der Waals surface area contributed by atoms with Crippen molar-refractivity contribution in [3.63, 3.8) is 0 Å². The van der Waals surface area contributed by atoms with E-state index in [4.69, 9.17) is 0 Å². The molecular formula is C14H17N3OS. The monoisotopic (exact) mass is 275 g/mol. The normalized spacial score (nSPS) is 10.9. The molecule has 2 aromatic rings. The molecule has 0 saturated heterocycles. The summed E-state index contributed by atoms with van der Waals surface area (Å²) in [6.45, 7) is 4.05. The van der Waals surface area contributed by atoms with Crippen LogP contribution in [0.1, 0.15) is 36.1 Å². The maximum absolute atomic E-state index is 12.4. The molecule has 0 radical (unpaired) electrons. The molecule has 0 unspecified atom stereocenters. The topological polar surface area (TPSA) is 47.8 Å². The van der Waals surface area contributed by atoms with Gasteiger partial charge in [0.2, 0.25) is 0 Å². The second-order valence-electron chi connectivity index (χ2n) is 4.51. The number of thioether (sulfide) groups is 1. The molecule has 0 bridgehead atoms. The molecule has 0 amide bonds. The predicted octanol–water partition coefficient (Wildman–Crippen LogP) is 3.01. The Labute approximate surface area is 117 Å². The Hall–Kier alpha value is -1.62. The molecule has 0 saturated carbocycles. The maximum Gasteiger partial charge on any atom is 0.171 e. The van der Waals surface area contributed by atoms with Crippen molar-refractivity contribution in [1.29, 1.82) is 0 Å². The Morgan fingerprint density at radius 3 is 2.79 bits per heavy atom. The van der Waals surface area contributed by atoms with E-state index >= 15 is 0 Å². The number of carbonyl (C=O) groups excluding carboxylic acids is 1. The third kappa shape index (κ3) is 3.04. The third-order valence-electron chi connectivity index (χ3n) is 2.86. The van der Waals surface area contributed by atoms with Gasteiger partial charge in [-0.2, -0.15) is 5.10 Å². The minimum absolute atomic E-state index is 0.0832. The van der Waals surface area contributed by atoms with Crippen molar-refractivity contribution in [2.45, 2.75) is 31.2 Å². The Bertz CT molecular complexity index is 578. The summed E-state index contributed by atoms with van der Waals surface area (Å²) >= 11 is 1.58. The standard InChI is InChI=1S/C14H17N3OS/c1-10(2)17-14(15-9-16-17)8-12(18)11-6-4-5-7-13(11)19-3/h4-7,9-10H,8H2,1-3H3. The van der Waals surface area contributed by atoms with Crippen molar-refractivity contribution >= 4 is 17.5 Å². The number of Topliss-reactive ketones (excluding diaryl/α,β-unsaturated/α-hetero) is 1. The zero-order valence-corrected chi connectivity index (χ0v) is 12.1. The lowest BCUT2D eigenvalue weighted by atomic mass is 10.1. The van der Waals surface area contributed by atoms with E-state index in [0.29, 0.717) is 0 Å². The average molecular weight is 275 g/mol.